The van der Waals surface area contributed by atoms with Crippen LogP contribution in [0.2, 0.25) is 10.0 Å². The van der Waals surface area contributed by atoms with Crippen LogP contribution >= 0.6 is 23.2 Å². The summed E-state index contributed by atoms with van der Waals surface area (Å²) in [7, 11) is 0. The highest BCUT2D eigenvalue weighted by molar-refractivity contribution is 6.35. The van der Waals surface area contributed by atoms with Crippen molar-refractivity contribution in [1.29, 1.82) is 0 Å². The molecule has 144 valence electrons. The second kappa shape index (κ2) is 8.81. The Bertz CT molecular complexity index is 990. The standard InChI is InChI=1S/C18H16Cl2N6O2/c1-11(13-3-6-15(7-4-13)26-10-21-24-25-26)22-23-18(27)12(2)28-17-8-5-14(19)9-16(17)20/h3-10,12H,1-2H3,(H,23,27)/b22-11+. The van der Waals surface area contributed by atoms with E-state index in [1.165, 1.54) is 6.33 Å². The minimum Gasteiger partial charge on any atom is -0.479 e. The van der Waals surface area contributed by atoms with Crippen molar-refractivity contribution in [2.45, 2.75) is 20.0 Å². The van der Waals surface area contributed by atoms with E-state index in [4.69, 9.17) is 27.9 Å². The zero-order valence-electron chi connectivity index (χ0n) is 15.0. The minimum atomic E-state index is -0.794. The molecule has 3 aromatic rings. The summed E-state index contributed by atoms with van der Waals surface area (Å²) in [6.45, 7) is 3.39. The molecule has 0 saturated carbocycles. The van der Waals surface area contributed by atoms with Crippen LogP contribution in [0.15, 0.2) is 53.9 Å². The van der Waals surface area contributed by atoms with E-state index in [2.05, 4.69) is 26.1 Å². The average Bonchev–Trinajstić information content (AvgIpc) is 3.23. The van der Waals surface area contributed by atoms with Crippen LogP contribution in [0.5, 0.6) is 5.75 Å². The topological polar surface area (TPSA) is 94.3 Å². The number of carbonyl (C=O) groups excluding carboxylic acids is 1. The maximum Gasteiger partial charge on any atom is 0.280 e. The zero-order valence-corrected chi connectivity index (χ0v) is 16.5. The van der Waals surface area contributed by atoms with Crippen LogP contribution in [0, 0.1) is 0 Å². The number of nitrogens with one attached hydrogen (secondary N) is 1. The van der Waals surface area contributed by atoms with Gasteiger partial charge in [-0.25, -0.2) is 10.1 Å². The highest BCUT2D eigenvalue weighted by atomic mass is 35.5. The molecule has 2 aromatic carbocycles. The molecule has 1 amide bonds. The number of nitrogens with zero attached hydrogens (tertiary/aromatic N) is 5. The van der Waals surface area contributed by atoms with E-state index in [9.17, 15) is 4.79 Å². The molecule has 28 heavy (non-hydrogen) atoms. The number of hydrazone groups is 1. The normalized spacial score (nSPS) is 12.5. The molecular weight excluding hydrogens is 403 g/mol. The number of halogens is 2. The van der Waals surface area contributed by atoms with Crippen molar-refractivity contribution >= 4 is 34.8 Å². The summed E-state index contributed by atoms with van der Waals surface area (Å²) < 4.78 is 7.10. The predicted octanol–water partition coefficient (Wildman–Crippen LogP) is 3.28. The molecule has 1 aromatic heterocycles. The quantitative estimate of drug-likeness (QED) is 0.489. The van der Waals surface area contributed by atoms with Crippen LogP contribution in [-0.4, -0.2) is 37.9 Å². The molecule has 1 atom stereocenters. The molecule has 0 radical (unpaired) electrons. The molecule has 1 heterocycles. The summed E-state index contributed by atoms with van der Waals surface area (Å²) in [5.41, 5.74) is 4.78. The van der Waals surface area contributed by atoms with Crippen LogP contribution in [0.25, 0.3) is 5.69 Å². The summed E-state index contributed by atoms with van der Waals surface area (Å²) in [5.74, 6) is -0.0386. The van der Waals surface area contributed by atoms with E-state index in [-0.39, 0.29) is 0 Å². The Morgan fingerprint density at radius 3 is 2.61 bits per heavy atom. The lowest BCUT2D eigenvalue weighted by Crippen LogP contribution is -2.34. The van der Waals surface area contributed by atoms with E-state index < -0.39 is 12.0 Å². The van der Waals surface area contributed by atoms with E-state index >= 15 is 0 Å². The van der Waals surface area contributed by atoms with Gasteiger partial charge >= 0.3 is 0 Å². The number of aromatic nitrogens is 4. The predicted molar refractivity (Wildman–Crippen MR) is 106 cm³/mol. The van der Waals surface area contributed by atoms with Crippen LogP contribution in [-0.2, 0) is 4.79 Å². The van der Waals surface area contributed by atoms with Gasteiger partial charge in [0.2, 0.25) is 0 Å². The third kappa shape index (κ3) is 4.85. The molecule has 0 saturated heterocycles. The average molecular weight is 419 g/mol. The van der Waals surface area contributed by atoms with Gasteiger partial charge in [-0.15, -0.1) is 5.10 Å². The maximum absolute atomic E-state index is 12.2. The first-order valence-electron chi connectivity index (χ1n) is 8.23. The van der Waals surface area contributed by atoms with Crippen molar-refractivity contribution in [1.82, 2.24) is 25.6 Å². The van der Waals surface area contributed by atoms with E-state index in [1.54, 1.807) is 36.7 Å². The summed E-state index contributed by atoms with van der Waals surface area (Å²) in [6.07, 6.45) is 0.710. The fourth-order valence-electron chi connectivity index (χ4n) is 2.24. The summed E-state index contributed by atoms with van der Waals surface area (Å²) in [4.78, 5) is 12.2. The number of hydrogen-bond acceptors (Lipinski definition) is 6. The molecule has 1 N–H and O–H groups in total. The molecule has 0 aliphatic heterocycles. The third-order valence-corrected chi connectivity index (χ3v) is 4.33. The van der Waals surface area contributed by atoms with Gasteiger partial charge in [-0.1, -0.05) is 35.3 Å². The van der Waals surface area contributed by atoms with Crippen molar-refractivity contribution in [3.8, 4) is 11.4 Å². The van der Waals surface area contributed by atoms with Gasteiger partial charge in [0.05, 0.1) is 16.4 Å². The monoisotopic (exact) mass is 418 g/mol. The summed E-state index contributed by atoms with van der Waals surface area (Å²) in [5, 5.41) is 16.0. The number of rotatable bonds is 6. The SMILES string of the molecule is C/C(=N\NC(=O)C(C)Oc1ccc(Cl)cc1Cl)c1ccc(-n2cnnn2)cc1. The lowest BCUT2D eigenvalue weighted by molar-refractivity contribution is -0.127. The lowest BCUT2D eigenvalue weighted by atomic mass is 10.1. The van der Waals surface area contributed by atoms with Crippen LogP contribution in [0.4, 0.5) is 0 Å². The molecule has 10 heteroatoms. The molecule has 0 spiro atoms. The van der Waals surface area contributed by atoms with Crippen molar-refractivity contribution in [3.63, 3.8) is 0 Å². The van der Waals surface area contributed by atoms with Crippen LogP contribution in [0.3, 0.4) is 0 Å². The van der Waals surface area contributed by atoms with Gasteiger partial charge in [0.25, 0.3) is 5.91 Å². The molecule has 0 bridgehead atoms. The van der Waals surface area contributed by atoms with Gasteiger partial charge < -0.3 is 4.74 Å². The minimum absolute atomic E-state index is 0.328. The summed E-state index contributed by atoms with van der Waals surface area (Å²) in [6, 6.07) is 12.2. The second-order valence-electron chi connectivity index (χ2n) is 5.81. The molecule has 0 fully saturated rings. The first kappa shape index (κ1) is 19.8. The van der Waals surface area contributed by atoms with Crippen LogP contribution < -0.4 is 10.2 Å². The Labute approximate surface area is 171 Å². The lowest BCUT2D eigenvalue weighted by Gasteiger charge is -2.14. The highest BCUT2D eigenvalue weighted by Crippen LogP contribution is 2.28. The molecule has 8 nitrogen and oxygen atoms in total. The Hall–Kier alpha value is -2.97. The second-order valence-corrected chi connectivity index (χ2v) is 6.65. The number of ether oxygens (including phenoxy) is 1. The highest BCUT2D eigenvalue weighted by Gasteiger charge is 2.16. The van der Waals surface area contributed by atoms with Gasteiger partial charge in [-0.2, -0.15) is 5.10 Å². The van der Waals surface area contributed by atoms with Gasteiger partial charge in [-0.05, 0) is 60.2 Å². The maximum atomic E-state index is 12.2. The van der Waals surface area contributed by atoms with Crippen molar-refractivity contribution in [2.24, 2.45) is 5.10 Å². The van der Waals surface area contributed by atoms with Gasteiger partial charge in [0.1, 0.15) is 12.1 Å². The number of tetrazole rings is 1. The molecule has 0 aliphatic rings. The number of amides is 1. The molecule has 3 rings (SSSR count). The van der Waals surface area contributed by atoms with E-state index in [0.717, 1.165) is 11.3 Å². The van der Waals surface area contributed by atoms with Crippen molar-refractivity contribution in [3.05, 3.63) is 64.4 Å². The smallest absolute Gasteiger partial charge is 0.280 e. The van der Waals surface area contributed by atoms with E-state index in [0.29, 0.717) is 21.5 Å². The summed E-state index contributed by atoms with van der Waals surface area (Å²) >= 11 is 11.9. The Kier molecular flexibility index (Phi) is 6.23. The Morgan fingerprint density at radius 1 is 1.21 bits per heavy atom. The fraction of sp³-hybridized carbons (Fsp3) is 0.167. The van der Waals surface area contributed by atoms with Gasteiger partial charge in [0.15, 0.2) is 6.10 Å². The largest absolute Gasteiger partial charge is 0.479 e. The van der Waals surface area contributed by atoms with Gasteiger partial charge in [0, 0.05) is 5.02 Å². The van der Waals surface area contributed by atoms with Gasteiger partial charge in [-0.3, -0.25) is 4.79 Å². The van der Waals surface area contributed by atoms with Crippen molar-refractivity contribution < 1.29 is 9.53 Å². The number of carbonyl (C=O) groups is 1. The first-order valence-corrected chi connectivity index (χ1v) is 8.99. The third-order valence-electron chi connectivity index (χ3n) is 3.80. The molecular formula is C18H16Cl2N6O2. The fourth-order valence-corrected chi connectivity index (χ4v) is 2.70. The Morgan fingerprint density at radius 2 is 1.96 bits per heavy atom. The molecule has 1 unspecified atom stereocenters. The van der Waals surface area contributed by atoms with E-state index in [1.807, 2.05) is 24.3 Å². The number of benzene rings is 2. The molecule has 0 aliphatic carbocycles. The van der Waals surface area contributed by atoms with Crippen molar-refractivity contribution in [2.75, 3.05) is 0 Å². The Balaban J connectivity index is 1.61. The first-order chi connectivity index (χ1) is 13.4. The number of hydrogen-bond donors (Lipinski definition) is 1. The van der Waals surface area contributed by atoms with Crippen LogP contribution in [0.1, 0.15) is 19.4 Å². The zero-order chi connectivity index (χ0) is 20.1.